The number of imidazole rings is 1. The van der Waals surface area contributed by atoms with Gasteiger partial charge in [0.2, 0.25) is 0 Å². The average molecular weight is 542 g/mol. The van der Waals surface area contributed by atoms with Crippen molar-refractivity contribution in [2.75, 3.05) is 19.1 Å². The van der Waals surface area contributed by atoms with Crippen LogP contribution in [-0.4, -0.2) is 46.8 Å². The lowest BCUT2D eigenvalue weighted by atomic mass is 9.83. The molecule has 8 nitrogen and oxygen atoms in total. The molecule has 0 unspecified atom stereocenters. The molecule has 2 aliphatic rings. The largest absolute Gasteiger partial charge is 0.496 e. The van der Waals surface area contributed by atoms with E-state index in [0.717, 1.165) is 30.9 Å². The summed E-state index contributed by atoms with van der Waals surface area (Å²) < 4.78 is 41.6. The first kappa shape index (κ1) is 27.1. The Morgan fingerprint density at radius 1 is 1.13 bits per heavy atom. The van der Waals surface area contributed by atoms with Crippen molar-refractivity contribution in [1.29, 1.82) is 0 Å². The van der Waals surface area contributed by atoms with Crippen LogP contribution in [0.4, 0.5) is 19.3 Å². The van der Waals surface area contributed by atoms with Gasteiger partial charge in [0, 0.05) is 23.6 Å². The lowest BCUT2D eigenvalue weighted by molar-refractivity contribution is -0.122. The monoisotopic (exact) mass is 541 g/mol. The molecule has 0 radical (unpaired) electrons. The van der Waals surface area contributed by atoms with Crippen molar-refractivity contribution in [2.45, 2.75) is 70.6 Å². The second-order valence-electron chi connectivity index (χ2n) is 10.5. The maximum absolute atomic E-state index is 15.1. The number of ketones is 1. The van der Waals surface area contributed by atoms with Gasteiger partial charge in [-0.15, -0.1) is 0 Å². The van der Waals surface area contributed by atoms with Gasteiger partial charge in [-0.25, -0.2) is 18.6 Å². The van der Waals surface area contributed by atoms with E-state index in [-0.39, 0.29) is 40.9 Å². The van der Waals surface area contributed by atoms with Crippen molar-refractivity contribution >= 4 is 28.6 Å². The number of rotatable bonds is 5. The topological polar surface area (TPSA) is 93.9 Å². The standard InChI is InChI=1S/C29H33F2N3O5/c1-15-8-9-19-21(33(15)29(37)39-4)11-12-22-26(19)32-28(34(22)18-7-5-6-17(14-18)16(2)35)27(36)24-23(38-3)13-10-20(30)25(24)31/h10-13,15,17-18,27,36H,5-9,14H2,1-4H3/t15-,17+,18+,27-/m0/s1. The fraction of sp³-hybridized carbons (Fsp3) is 0.483. The first-order valence-corrected chi connectivity index (χ1v) is 13.3. The quantitative estimate of drug-likeness (QED) is 0.450. The summed E-state index contributed by atoms with van der Waals surface area (Å²) in [6, 6.07) is 5.62. The Morgan fingerprint density at radius 2 is 1.90 bits per heavy atom. The second-order valence-corrected chi connectivity index (χ2v) is 10.5. The van der Waals surface area contributed by atoms with E-state index in [1.807, 2.05) is 23.6 Å². The van der Waals surface area contributed by atoms with E-state index < -0.39 is 23.8 Å². The zero-order valence-electron chi connectivity index (χ0n) is 22.5. The molecule has 5 rings (SSSR count). The van der Waals surface area contributed by atoms with E-state index in [1.165, 1.54) is 20.3 Å². The molecule has 1 saturated carbocycles. The van der Waals surface area contributed by atoms with Crippen LogP contribution in [-0.2, 0) is 16.0 Å². The summed E-state index contributed by atoms with van der Waals surface area (Å²) in [5.74, 6) is -2.22. The molecule has 4 atom stereocenters. The maximum atomic E-state index is 15.1. The fourth-order valence-electron chi connectivity index (χ4n) is 6.25. The van der Waals surface area contributed by atoms with Crippen LogP contribution in [0.2, 0.25) is 0 Å². The summed E-state index contributed by atoms with van der Waals surface area (Å²) in [6.45, 7) is 3.53. The van der Waals surface area contributed by atoms with Crippen molar-refractivity contribution < 1.29 is 33.0 Å². The minimum atomic E-state index is -1.64. The number of aromatic nitrogens is 2. The van der Waals surface area contributed by atoms with E-state index >= 15 is 4.39 Å². The first-order chi connectivity index (χ1) is 18.7. The number of anilines is 1. The molecule has 1 amide bonds. The highest BCUT2D eigenvalue weighted by molar-refractivity contribution is 5.95. The minimum Gasteiger partial charge on any atom is -0.496 e. The number of Topliss-reactive ketones (excluding diaryl/α,β-unsaturated/α-hetero) is 1. The Morgan fingerprint density at radius 3 is 2.59 bits per heavy atom. The number of aliphatic hydroxyl groups is 1. The summed E-state index contributed by atoms with van der Waals surface area (Å²) in [7, 11) is 2.66. The normalized spacial score (nSPS) is 21.9. The smallest absolute Gasteiger partial charge is 0.414 e. The van der Waals surface area contributed by atoms with Gasteiger partial charge in [-0.2, -0.15) is 0 Å². The number of benzene rings is 2. The molecule has 0 saturated heterocycles. The van der Waals surface area contributed by atoms with Gasteiger partial charge in [0.05, 0.1) is 36.5 Å². The van der Waals surface area contributed by atoms with Crippen molar-refractivity contribution in [3.8, 4) is 5.75 Å². The van der Waals surface area contributed by atoms with Gasteiger partial charge in [0.15, 0.2) is 11.6 Å². The van der Waals surface area contributed by atoms with E-state index in [9.17, 15) is 19.1 Å². The predicted octanol–water partition coefficient (Wildman–Crippen LogP) is 5.63. The molecule has 2 heterocycles. The van der Waals surface area contributed by atoms with Gasteiger partial charge in [-0.1, -0.05) is 6.42 Å². The predicted molar refractivity (Wildman–Crippen MR) is 141 cm³/mol. The van der Waals surface area contributed by atoms with Gasteiger partial charge in [0.25, 0.3) is 0 Å². The number of hydrogen-bond donors (Lipinski definition) is 1. The van der Waals surface area contributed by atoms with Crippen LogP contribution in [0, 0.1) is 17.6 Å². The zero-order chi connectivity index (χ0) is 28.0. The Kier molecular flexibility index (Phi) is 7.33. The molecule has 3 aromatic rings. The van der Waals surface area contributed by atoms with Gasteiger partial charge in [-0.05, 0) is 70.2 Å². The van der Waals surface area contributed by atoms with Crippen molar-refractivity contribution in [3.63, 3.8) is 0 Å². The minimum absolute atomic E-state index is 0.00187. The highest BCUT2D eigenvalue weighted by Crippen LogP contribution is 2.43. The Balaban J connectivity index is 1.74. The number of fused-ring (bicyclic) bond motifs is 3. The van der Waals surface area contributed by atoms with Gasteiger partial charge in [-0.3, -0.25) is 9.69 Å². The van der Waals surface area contributed by atoms with E-state index in [1.54, 1.807) is 11.8 Å². The highest BCUT2D eigenvalue weighted by atomic mass is 19.2. The fourth-order valence-corrected chi connectivity index (χ4v) is 6.25. The van der Waals surface area contributed by atoms with E-state index in [0.29, 0.717) is 36.0 Å². The molecule has 2 aromatic carbocycles. The van der Waals surface area contributed by atoms with Crippen LogP contribution in [0.1, 0.15) is 75.0 Å². The molecule has 1 aromatic heterocycles. The number of aryl methyl sites for hydroxylation is 1. The third-order valence-electron chi connectivity index (χ3n) is 8.27. The molecule has 1 fully saturated rings. The lowest BCUT2D eigenvalue weighted by Gasteiger charge is -2.34. The third kappa shape index (κ3) is 4.54. The third-order valence-corrected chi connectivity index (χ3v) is 8.27. The number of carbonyl (C=O) groups is 2. The molecular weight excluding hydrogens is 508 g/mol. The summed E-state index contributed by atoms with van der Waals surface area (Å²) in [4.78, 5) is 31.4. The number of hydrogen-bond acceptors (Lipinski definition) is 6. The Hall–Kier alpha value is -3.53. The number of halogens is 2. The first-order valence-electron chi connectivity index (χ1n) is 13.3. The highest BCUT2D eigenvalue weighted by Gasteiger charge is 2.36. The molecule has 0 bridgehead atoms. The average Bonchev–Trinajstić information content (AvgIpc) is 3.33. The number of aliphatic hydroxyl groups excluding tert-OH is 1. The molecule has 39 heavy (non-hydrogen) atoms. The number of carbonyl (C=O) groups excluding carboxylic acids is 2. The number of amides is 1. The Bertz CT molecular complexity index is 1440. The number of nitrogens with zero attached hydrogens (tertiary/aromatic N) is 3. The van der Waals surface area contributed by atoms with Crippen LogP contribution in [0.5, 0.6) is 5.75 Å². The van der Waals surface area contributed by atoms with Crippen molar-refractivity contribution in [2.24, 2.45) is 5.92 Å². The number of ether oxygens (including phenoxy) is 2. The molecule has 208 valence electrons. The van der Waals surface area contributed by atoms with Crippen LogP contribution in [0.25, 0.3) is 11.0 Å². The van der Waals surface area contributed by atoms with Crippen LogP contribution in [0.15, 0.2) is 24.3 Å². The van der Waals surface area contributed by atoms with Crippen molar-refractivity contribution in [3.05, 3.63) is 52.9 Å². The summed E-state index contributed by atoms with van der Waals surface area (Å²) in [5, 5.41) is 11.6. The number of methoxy groups -OCH3 is 2. The summed E-state index contributed by atoms with van der Waals surface area (Å²) in [6.07, 6.45) is 2.05. The molecule has 0 spiro atoms. The van der Waals surface area contributed by atoms with Crippen LogP contribution in [0.3, 0.4) is 0 Å². The molecule has 1 aliphatic carbocycles. The maximum Gasteiger partial charge on any atom is 0.414 e. The van der Waals surface area contributed by atoms with Gasteiger partial charge < -0.3 is 19.1 Å². The Labute approximate surface area is 225 Å². The molecular formula is C29H33F2N3O5. The molecule has 1 N–H and O–H groups in total. The van der Waals surface area contributed by atoms with Crippen LogP contribution >= 0.6 is 0 Å². The van der Waals surface area contributed by atoms with E-state index in [4.69, 9.17) is 14.5 Å². The SMILES string of the molecule is COC(=O)N1c2ccc3c(nc([C@@H](O)c4c(OC)ccc(F)c4F)n3[C@@H]3CCC[C@@H](C(C)=O)C3)c2CC[C@@H]1C. The summed E-state index contributed by atoms with van der Waals surface area (Å²) in [5.41, 5.74) is 2.41. The molecule has 1 aliphatic heterocycles. The van der Waals surface area contributed by atoms with Crippen molar-refractivity contribution in [1.82, 2.24) is 9.55 Å². The van der Waals surface area contributed by atoms with Gasteiger partial charge in [0.1, 0.15) is 23.5 Å². The van der Waals surface area contributed by atoms with Crippen LogP contribution < -0.4 is 9.64 Å². The van der Waals surface area contributed by atoms with Gasteiger partial charge >= 0.3 is 6.09 Å². The zero-order valence-corrected chi connectivity index (χ0v) is 22.5. The summed E-state index contributed by atoms with van der Waals surface area (Å²) >= 11 is 0. The second kappa shape index (κ2) is 10.6. The van der Waals surface area contributed by atoms with E-state index in [2.05, 4.69) is 0 Å². The molecule has 10 heteroatoms. The lowest BCUT2D eigenvalue weighted by Crippen LogP contribution is -2.42.